The van der Waals surface area contributed by atoms with Crippen LogP contribution in [0.2, 0.25) is 5.15 Å². The summed E-state index contributed by atoms with van der Waals surface area (Å²) in [6, 6.07) is 10.0. The van der Waals surface area contributed by atoms with Crippen molar-refractivity contribution in [2.24, 2.45) is 0 Å². The molecule has 2 heterocycles. The van der Waals surface area contributed by atoms with Crippen LogP contribution in [0.15, 0.2) is 55.6 Å². The van der Waals surface area contributed by atoms with Gasteiger partial charge >= 0.3 is 0 Å². The molecule has 0 saturated heterocycles. The quantitative estimate of drug-likeness (QED) is 0.542. The number of hydrogen-bond donors (Lipinski definition) is 0. The van der Waals surface area contributed by atoms with Gasteiger partial charge in [-0.3, -0.25) is 0 Å². The number of nitrogens with zero attached hydrogens (tertiary/aromatic N) is 4. The number of fused-ring (bicyclic) bond motifs is 1. The molecule has 0 unspecified atom stereocenters. The molecule has 0 aliphatic carbocycles. The number of benzene rings is 1. The van der Waals surface area contributed by atoms with E-state index in [1.54, 1.807) is 6.33 Å². The summed E-state index contributed by atoms with van der Waals surface area (Å²) in [6.45, 7) is 3.90. The summed E-state index contributed by atoms with van der Waals surface area (Å²) in [6.07, 6.45) is 5.00. The van der Waals surface area contributed by atoms with Crippen molar-refractivity contribution in [3.8, 4) is 0 Å². The van der Waals surface area contributed by atoms with E-state index in [9.17, 15) is 0 Å². The Balaban J connectivity index is 2.18. The third-order valence-electron chi connectivity index (χ3n) is 2.98. The van der Waals surface area contributed by atoms with E-state index in [0.717, 1.165) is 5.56 Å². The fraction of sp³-hybridized carbons (Fsp3) is 0.0714. The van der Waals surface area contributed by atoms with Crippen molar-refractivity contribution in [1.82, 2.24) is 19.5 Å². The van der Waals surface area contributed by atoms with Crippen LogP contribution < -0.4 is 0 Å². The molecule has 3 rings (SSSR count). The zero-order valence-electron chi connectivity index (χ0n) is 10.1. The summed E-state index contributed by atoms with van der Waals surface area (Å²) in [4.78, 5) is 12.5. The molecule has 1 atom stereocenters. The van der Waals surface area contributed by atoms with E-state index in [4.69, 9.17) is 11.6 Å². The number of halogens is 1. The highest BCUT2D eigenvalue weighted by Crippen LogP contribution is 2.25. The maximum atomic E-state index is 6.01. The number of hydrogen-bond acceptors (Lipinski definition) is 3. The van der Waals surface area contributed by atoms with Crippen molar-refractivity contribution in [1.29, 1.82) is 0 Å². The minimum Gasteiger partial charge on any atom is -0.304 e. The molecule has 94 valence electrons. The van der Waals surface area contributed by atoms with E-state index in [2.05, 4.69) is 21.5 Å². The summed E-state index contributed by atoms with van der Waals surface area (Å²) in [5.74, 6) is 0. The lowest BCUT2D eigenvalue weighted by atomic mass is 10.1. The standard InChI is InChI=1S/C14H11ClN4/c1-2-11(10-6-4-3-5-7-10)19-9-18-12-13(15)16-8-17-14(12)19/h2-9,11H,1H2/t11-/m1/s1. The Morgan fingerprint density at radius 3 is 2.68 bits per heavy atom. The second-order valence-corrected chi connectivity index (χ2v) is 4.44. The van der Waals surface area contributed by atoms with Crippen LogP contribution >= 0.6 is 11.6 Å². The largest absolute Gasteiger partial charge is 0.304 e. The Morgan fingerprint density at radius 1 is 1.16 bits per heavy atom. The van der Waals surface area contributed by atoms with Gasteiger partial charge in [-0.15, -0.1) is 6.58 Å². The zero-order chi connectivity index (χ0) is 13.2. The van der Waals surface area contributed by atoms with Gasteiger partial charge in [-0.05, 0) is 5.56 Å². The van der Waals surface area contributed by atoms with E-state index in [1.165, 1.54) is 6.33 Å². The molecule has 5 heteroatoms. The van der Waals surface area contributed by atoms with Gasteiger partial charge in [-0.1, -0.05) is 48.0 Å². The lowest BCUT2D eigenvalue weighted by Gasteiger charge is -2.15. The molecule has 0 N–H and O–H groups in total. The molecule has 2 aromatic heterocycles. The third kappa shape index (κ3) is 2.00. The van der Waals surface area contributed by atoms with Crippen molar-refractivity contribution in [3.05, 3.63) is 66.4 Å². The van der Waals surface area contributed by atoms with Crippen molar-refractivity contribution in [3.63, 3.8) is 0 Å². The Morgan fingerprint density at radius 2 is 1.95 bits per heavy atom. The Hall–Kier alpha value is -2.20. The predicted molar refractivity (Wildman–Crippen MR) is 75.1 cm³/mol. The average Bonchev–Trinajstić information content (AvgIpc) is 2.87. The van der Waals surface area contributed by atoms with Crippen LogP contribution in [0.5, 0.6) is 0 Å². The molecule has 0 aliphatic heterocycles. The molecule has 4 nitrogen and oxygen atoms in total. The average molecular weight is 271 g/mol. The molecule has 0 saturated carbocycles. The lowest BCUT2D eigenvalue weighted by Crippen LogP contribution is -2.07. The first-order valence-electron chi connectivity index (χ1n) is 5.82. The molecule has 1 aromatic carbocycles. The second kappa shape index (κ2) is 4.82. The Bertz CT molecular complexity index is 721. The van der Waals surface area contributed by atoms with Crippen molar-refractivity contribution < 1.29 is 0 Å². The van der Waals surface area contributed by atoms with Crippen LogP contribution in [0.1, 0.15) is 11.6 Å². The maximum Gasteiger partial charge on any atom is 0.165 e. The molecule has 0 spiro atoms. The Labute approximate surface area is 115 Å². The van der Waals surface area contributed by atoms with Gasteiger partial charge in [0.15, 0.2) is 10.8 Å². The van der Waals surface area contributed by atoms with E-state index >= 15 is 0 Å². The van der Waals surface area contributed by atoms with Crippen molar-refractivity contribution in [2.45, 2.75) is 6.04 Å². The minimum atomic E-state index is -0.0304. The number of rotatable bonds is 3. The molecule has 0 amide bonds. The van der Waals surface area contributed by atoms with E-state index in [0.29, 0.717) is 16.3 Å². The highest BCUT2D eigenvalue weighted by Gasteiger charge is 2.15. The van der Waals surface area contributed by atoms with Gasteiger partial charge < -0.3 is 4.57 Å². The van der Waals surface area contributed by atoms with Crippen molar-refractivity contribution in [2.75, 3.05) is 0 Å². The molecular formula is C14H11ClN4. The molecule has 0 radical (unpaired) electrons. The lowest BCUT2D eigenvalue weighted by molar-refractivity contribution is 0.715. The summed E-state index contributed by atoms with van der Waals surface area (Å²) >= 11 is 6.01. The minimum absolute atomic E-state index is 0.0304. The van der Waals surface area contributed by atoms with Gasteiger partial charge in [0, 0.05) is 0 Å². The van der Waals surface area contributed by atoms with Crippen molar-refractivity contribution >= 4 is 22.8 Å². The first-order valence-corrected chi connectivity index (χ1v) is 6.19. The van der Waals surface area contributed by atoms with Crippen LogP contribution in [0.25, 0.3) is 11.2 Å². The monoisotopic (exact) mass is 270 g/mol. The van der Waals surface area contributed by atoms with E-state index in [1.807, 2.05) is 41.0 Å². The third-order valence-corrected chi connectivity index (χ3v) is 3.25. The van der Waals surface area contributed by atoms with Gasteiger partial charge in [0.05, 0.1) is 12.4 Å². The summed E-state index contributed by atoms with van der Waals surface area (Å²) in [7, 11) is 0. The first kappa shape index (κ1) is 11.9. The molecule has 0 fully saturated rings. The molecule has 0 aliphatic rings. The molecule has 0 bridgehead atoms. The van der Waals surface area contributed by atoms with Crippen LogP contribution in [0.4, 0.5) is 0 Å². The van der Waals surface area contributed by atoms with Gasteiger partial charge in [0.1, 0.15) is 11.8 Å². The van der Waals surface area contributed by atoms with E-state index in [-0.39, 0.29) is 6.04 Å². The smallest absolute Gasteiger partial charge is 0.165 e. The maximum absolute atomic E-state index is 6.01. The predicted octanol–water partition coefficient (Wildman–Crippen LogP) is 3.26. The highest BCUT2D eigenvalue weighted by atomic mass is 35.5. The highest BCUT2D eigenvalue weighted by molar-refractivity contribution is 6.33. The first-order chi connectivity index (χ1) is 9.31. The zero-order valence-corrected chi connectivity index (χ0v) is 10.8. The fourth-order valence-electron chi connectivity index (χ4n) is 2.09. The molecular weight excluding hydrogens is 260 g/mol. The Kier molecular flexibility index (Phi) is 3.01. The van der Waals surface area contributed by atoms with E-state index < -0.39 is 0 Å². The summed E-state index contributed by atoms with van der Waals surface area (Å²) in [5.41, 5.74) is 2.42. The van der Waals surface area contributed by atoms with Gasteiger partial charge in [0.2, 0.25) is 0 Å². The van der Waals surface area contributed by atoms with Crippen LogP contribution in [-0.2, 0) is 0 Å². The topological polar surface area (TPSA) is 43.6 Å². The van der Waals surface area contributed by atoms with Crippen LogP contribution in [0, 0.1) is 0 Å². The van der Waals surface area contributed by atoms with Crippen LogP contribution in [0.3, 0.4) is 0 Å². The van der Waals surface area contributed by atoms with Crippen LogP contribution in [-0.4, -0.2) is 19.5 Å². The summed E-state index contributed by atoms with van der Waals surface area (Å²) < 4.78 is 1.94. The fourth-order valence-corrected chi connectivity index (χ4v) is 2.26. The molecule has 3 aromatic rings. The SMILES string of the molecule is C=C[C@H](c1ccccc1)n1cnc2c(Cl)ncnc21. The number of aromatic nitrogens is 4. The van der Waals surface area contributed by atoms with Gasteiger partial charge in [-0.25, -0.2) is 15.0 Å². The van der Waals surface area contributed by atoms with Gasteiger partial charge in [-0.2, -0.15) is 0 Å². The van der Waals surface area contributed by atoms with Gasteiger partial charge in [0.25, 0.3) is 0 Å². The molecule has 19 heavy (non-hydrogen) atoms. The normalized spacial score (nSPS) is 12.5. The second-order valence-electron chi connectivity index (χ2n) is 4.08. The summed E-state index contributed by atoms with van der Waals surface area (Å²) in [5, 5.41) is 0.361. The number of allylic oxidation sites excluding steroid dienone is 1. The number of imidazole rings is 1.